The molecular weight excluding hydrogens is 180 g/mol. The summed E-state index contributed by atoms with van der Waals surface area (Å²) in [4.78, 5) is 11.7. The van der Waals surface area contributed by atoms with Gasteiger partial charge in [-0.05, 0) is 12.3 Å². The normalized spacial score (nSPS) is 50.6. The lowest BCUT2D eigenvalue weighted by atomic mass is 9.76. The molecule has 3 aliphatic carbocycles. The molecule has 3 nitrogen and oxygen atoms in total. The second-order valence-corrected chi connectivity index (χ2v) is 4.60. The van der Waals surface area contributed by atoms with Gasteiger partial charge >= 0.3 is 0 Å². The summed E-state index contributed by atoms with van der Waals surface area (Å²) in [5.41, 5.74) is 0. The maximum absolute atomic E-state index is 11.7. The molecule has 0 aromatic rings. The molecule has 4 bridgehead atoms. The summed E-state index contributed by atoms with van der Waals surface area (Å²) in [5, 5.41) is 9.50. The third kappa shape index (κ3) is 1.16. The number of allylic oxidation sites excluding steroid dienone is 1. The van der Waals surface area contributed by atoms with Crippen molar-refractivity contribution in [1.82, 2.24) is 0 Å². The number of aliphatic hydroxyl groups excluding tert-OH is 1. The summed E-state index contributed by atoms with van der Waals surface area (Å²) >= 11 is 0. The second-order valence-electron chi connectivity index (χ2n) is 4.60. The molecule has 0 radical (unpaired) electrons. The van der Waals surface area contributed by atoms with Crippen molar-refractivity contribution < 1.29 is 14.6 Å². The Morgan fingerprint density at radius 1 is 1.36 bits per heavy atom. The Morgan fingerprint density at radius 2 is 2.21 bits per heavy atom. The molecular formula is C11H14O3. The fourth-order valence-corrected chi connectivity index (χ4v) is 3.04. The lowest BCUT2D eigenvalue weighted by Gasteiger charge is -2.38. The zero-order valence-electron chi connectivity index (χ0n) is 7.93. The SMILES string of the molecule is O=C1C[C@H]2OC(O)C[C@@H]3C[C@H]1C=C[C@@H]32. The van der Waals surface area contributed by atoms with Crippen LogP contribution in [0.25, 0.3) is 0 Å². The number of fused-ring (bicyclic) bond motifs is 1. The van der Waals surface area contributed by atoms with Crippen LogP contribution in [0.1, 0.15) is 19.3 Å². The van der Waals surface area contributed by atoms with Crippen LogP contribution in [0.4, 0.5) is 0 Å². The summed E-state index contributed by atoms with van der Waals surface area (Å²) < 4.78 is 5.42. The van der Waals surface area contributed by atoms with Crippen LogP contribution in [0, 0.1) is 17.8 Å². The molecule has 4 aliphatic rings. The minimum Gasteiger partial charge on any atom is -0.368 e. The van der Waals surface area contributed by atoms with E-state index in [0.717, 1.165) is 6.42 Å². The van der Waals surface area contributed by atoms with Crippen molar-refractivity contribution in [3.8, 4) is 0 Å². The minimum absolute atomic E-state index is 0.0694. The molecule has 1 N–H and O–H groups in total. The van der Waals surface area contributed by atoms with Gasteiger partial charge in [0, 0.05) is 24.7 Å². The molecule has 0 amide bonds. The van der Waals surface area contributed by atoms with Gasteiger partial charge in [0.1, 0.15) is 5.78 Å². The molecule has 1 saturated carbocycles. The van der Waals surface area contributed by atoms with E-state index in [1.165, 1.54) is 0 Å². The molecule has 1 aliphatic heterocycles. The topological polar surface area (TPSA) is 46.5 Å². The van der Waals surface area contributed by atoms with Gasteiger partial charge in [-0.3, -0.25) is 4.79 Å². The van der Waals surface area contributed by atoms with E-state index < -0.39 is 6.29 Å². The van der Waals surface area contributed by atoms with Crippen molar-refractivity contribution >= 4 is 5.78 Å². The molecule has 3 heteroatoms. The van der Waals surface area contributed by atoms with Gasteiger partial charge in [-0.15, -0.1) is 0 Å². The molecule has 1 saturated heterocycles. The van der Waals surface area contributed by atoms with Crippen molar-refractivity contribution in [2.75, 3.05) is 0 Å². The quantitative estimate of drug-likeness (QED) is 0.582. The number of hydrogen-bond acceptors (Lipinski definition) is 3. The first-order chi connectivity index (χ1) is 6.74. The molecule has 5 atom stereocenters. The largest absolute Gasteiger partial charge is 0.368 e. The average molecular weight is 194 g/mol. The fraction of sp³-hybridized carbons (Fsp3) is 0.727. The van der Waals surface area contributed by atoms with Crippen LogP contribution in [-0.2, 0) is 9.53 Å². The van der Waals surface area contributed by atoms with Gasteiger partial charge in [0.2, 0.25) is 0 Å². The Labute approximate surface area is 82.8 Å². The first-order valence-corrected chi connectivity index (χ1v) is 5.28. The maximum atomic E-state index is 11.7. The zero-order chi connectivity index (χ0) is 9.71. The molecule has 0 aromatic heterocycles. The highest BCUT2D eigenvalue weighted by atomic mass is 16.6. The van der Waals surface area contributed by atoms with Crippen LogP contribution in [0.2, 0.25) is 0 Å². The first-order valence-electron chi connectivity index (χ1n) is 5.28. The molecule has 0 spiro atoms. The highest BCUT2D eigenvalue weighted by molar-refractivity contribution is 5.84. The first kappa shape index (κ1) is 8.62. The number of ketones is 1. The summed E-state index contributed by atoms with van der Waals surface area (Å²) in [6, 6.07) is 0. The van der Waals surface area contributed by atoms with Crippen LogP contribution < -0.4 is 0 Å². The van der Waals surface area contributed by atoms with Gasteiger partial charge in [0.25, 0.3) is 0 Å². The third-order valence-corrected chi connectivity index (χ3v) is 3.75. The Kier molecular flexibility index (Phi) is 1.79. The van der Waals surface area contributed by atoms with E-state index in [-0.39, 0.29) is 17.8 Å². The van der Waals surface area contributed by atoms with Crippen LogP contribution >= 0.6 is 0 Å². The summed E-state index contributed by atoms with van der Waals surface area (Å²) in [7, 11) is 0. The predicted octanol–water partition coefficient (Wildman–Crippen LogP) is 0.875. The summed E-state index contributed by atoms with van der Waals surface area (Å²) in [6.45, 7) is 0. The third-order valence-electron chi connectivity index (χ3n) is 3.75. The molecule has 76 valence electrons. The Balaban J connectivity index is 1.97. The maximum Gasteiger partial charge on any atom is 0.155 e. The van der Waals surface area contributed by atoms with Crippen LogP contribution in [0.15, 0.2) is 12.2 Å². The van der Waals surface area contributed by atoms with Crippen LogP contribution in [0.5, 0.6) is 0 Å². The second kappa shape index (κ2) is 2.91. The number of Topliss-reactive ketones (excluding diaryl/α,β-unsaturated/α-hetero) is 1. The zero-order valence-corrected chi connectivity index (χ0v) is 7.93. The number of carbonyl (C=O) groups is 1. The van der Waals surface area contributed by atoms with Gasteiger partial charge in [-0.25, -0.2) is 0 Å². The van der Waals surface area contributed by atoms with Gasteiger partial charge < -0.3 is 9.84 Å². The van der Waals surface area contributed by atoms with Crippen molar-refractivity contribution in [2.45, 2.75) is 31.7 Å². The molecule has 0 aromatic carbocycles. The molecule has 2 fully saturated rings. The van der Waals surface area contributed by atoms with Crippen molar-refractivity contribution in [1.29, 1.82) is 0 Å². The molecule has 1 unspecified atom stereocenters. The Morgan fingerprint density at radius 3 is 3.07 bits per heavy atom. The molecule has 1 heterocycles. The van der Waals surface area contributed by atoms with E-state index in [1.807, 2.05) is 6.08 Å². The van der Waals surface area contributed by atoms with E-state index >= 15 is 0 Å². The van der Waals surface area contributed by atoms with Crippen molar-refractivity contribution in [3.63, 3.8) is 0 Å². The molecule has 4 rings (SSSR count). The summed E-state index contributed by atoms with van der Waals surface area (Å²) in [5.74, 6) is 1.19. The van der Waals surface area contributed by atoms with Gasteiger partial charge in [0.05, 0.1) is 6.10 Å². The van der Waals surface area contributed by atoms with E-state index in [1.54, 1.807) is 0 Å². The number of hydrogen-bond donors (Lipinski definition) is 1. The number of carbonyl (C=O) groups excluding carboxylic acids is 1. The molecule has 14 heavy (non-hydrogen) atoms. The fourth-order valence-electron chi connectivity index (χ4n) is 3.04. The summed E-state index contributed by atoms with van der Waals surface area (Å²) in [6.07, 6.45) is 5.52. The minimum atomic E-state index is -0.653. The van der Waals surface area contributed by atoms with Gasteiger partial charge in [0.15, 0.2) is 6.29 Å². The highest BCUT2D eigenvalue weighted by Crippen LogP contribution is 2.43. The van der Waals surface area contributed by atoms with E-state index in [9.17, 15) is 9.90 Å². The highest BCUT2D eigenvalue weighted by Gasteiger charge is 2.44. The monoisotopic (exact) mass is 194 g/mol. The average Bonchev–Trinajstić information content (AvgIpc) is 2.32. The Hall–Kier alpha value is -0.670. The lowest BCUT2D eigenvalue weighted by Crippen LogP contribution is -2.39. The number of ether oxygens (including phenoxy) is 1. The van der Waals surface area contributed by atoms with Gasteiger partial charge in [-0.2, -0.15) is 0 Å². The van der Waals surface area contributed by atoms with Gasteiger partial charge in [-0.1, -0.05) is 12.2 Å². The Bertz CT molecular complexity index is 297. The number of rotatable bonds is 0. The standard InChI is InChI=1S/C11H14O3/c12-9-5-10-8-2-1-6(9)3-7(8)4-11(13)14-10/h1-2,6-8,10-11,13H,3-5H2/t6-,7+,8+,10-,11?/m1/s1. The smallest absolute Gasteiger partial charge is 0.155 e. The van der Waals surface area contributed by atoms with E-state index in [4.69, 9.17) is 4.74 Å². The van der Waals surface area contributed by atoms with Crippen molar-refractivity contribution in [3.05, 3.63) is 12.2 Å². The predicted molar refractivity (Wildman–Crippen MR) is 49.3 cm³/mol. The number of aliphatic hydroxyl groups is 1. The van der Waals surface area contributed by atoms with E-state index in [0.29, 0.717) is 24.7 Å². The van der Waals surface area contributed by atoms with Crippen LogP contribution in [-0.4, -0.2) is 23.3 Å². The van der Waals surface area contributed by atoms with E-state index in [2.05, 4.69) is 6.08 Å². The lowest BCUT2D eigenvalue weighted by molar-refractivity contribution is -0.191. The van der Waals surface area contributed by atoms with Crippen LogP contribution in [0.3, 0.4) is 0 Å². The van der Waals surface area contributed by atoms with Crippen molar-refractivity contribution in [2.24, 2.45) is 17.8 Å².